The number of carbonyl (C=O) groups is 2. The molecule has 0 saturated heterocycles. The van der Waals surface area contributed by atoms with Crippen molar-refractivity contribution in [3.8, 4) is 5.75 Å². The van der Waals surface area contributed by atoms with Gasteiger partial charge < -0.3 is 14.8 Å². The van der Waals surface area contributed by atoms with Crippen LogP contribution < -0.4 is 15.6 Å². The lowest BCUT2D eigenvalue weighted by atomic mass is 10.1. The fourth-order valence-electron chi connectivity index (χ4n) is 3.02. The van der Waals surface area contributed by atoms with Crippen molar-refractivity contribution < 1.29 is 19.1 Å². The largest absolute Gasteiger partial charge is 0.497 e. The van der Waals surface area contributed by atoms with E-state index in [1.807, 2.05) is 6.92 Å². The van der Waals surface area contributed by atoms with Crippen LogP contribution in [-0.4, -0.2) is 28.4 Å². The van der Waals surface area contributed by atoms with Gasteiger partial charge in [0.15, 0.2) is 4.96 Å². The highest BCUT2D eigenvalue weighted by molar-refractivity contribution is 7.16. The molecular weight excluding hydrogens is 430 g/mol. The van der Waals surface area contributed by atoms with E-state index in [2.05, 4.69) is 10.3 Å². The fourth-order valence-corrected chi connectivity index (χ4v) is 3.87. The van der Waals surface area contributed by atoms with Gasteiger partial charge in [-0.1, -0.05) is 6.07 Å². The first-order valence-corrected chi connectivity index (χ1v) is 10.5. The van der Waals surface area contributed by atoms with Gasteiger partial charge in [0.2, 0.25) is 0 Å². The molecule has 162 valence electrons. The van der Waals surface area contributed by atoms with E-state index in [4.69, 9.17) is 9.47 Å². The van der Waals surface area contributed by atoms with Crippen molar-refractivity contribution in [2.75, 3.05) is 12.4 Å². The molecule has 8 nitrogen and oxygen atoms in total. The molecule has 2 heterocycles. The van der Waals surface area contributed by atoms with Crippen molar-refractivity contribution in [3.05, 3.63) is 92.8 Å². The number of anilines is 1. The monoisotopic (exact) mass is 449 g/mol. The van der Waals surface area contributed by atoms with Crippen LogP contribution in [0.2, 0.25) is 0 Å². The van der Waals surface area contributed by atoms with Crippen LogP contribution in [0, 0.1) is 6.92 Å². The van der Waals surface area contributed by atoms with Gasteiger partial charge in [-0.2, -0.15) is 0 Å². The number of hydrogen-bond donors (Lipinski definition) is 1. The quantitative estimate of drug-likeness (QED) is 0.451. The Balaban J connectivity index is 1.42. The number of carbonyl (C=O) groups excluding carboxylic acids is 2. The van der Waals surface area contributed by atoms with E-state index in [9.17, 15) is 14.4 Å². The van der Waals surface area contributed by atoms with E-state index >= 15 is 0 Å². The highest BCUT2D eigenvalue weighted by Gasteiger charge is 2.12. The smallest absolute Gasteiger partial charge is 0.338 e. The zero-order valence-corrected chi connectivity index (χ0v) is 18.1. The van der Waals surface area contributed by atoms with Crippen LogP contribution in [0.15, 0.2) is 65.6 Å². The van der Waals surface area contributed by atoms with Crippen molar-refractivity contribution >= 4 is 33.9 Å². The number of aromatic nitrogens is 2. The standard InChI is InChI=1S/C23H19N3O5S/c1-14-12-26-20(27)11-18(25-23(26)32-14)13-31-22(29)16-4-3-5-17(10-16)24-21(28)15-6-8-19(30-2)9-7-15/h3-12H,13H2,1-2H3,(H,24,28). The maximum atomic E-state index is 12.5. The van der Waals surface area contributed by atoms with Crippen LogP contribution in [0.4, 0.5) is 5.69 Å². The minimum atomic E-state index is -0.588. The van der Waals surface area contributed by atoms with Gasteiger partial charge in [-0.3, -0.25) is 14.0 Å². The predicted molar refractivity (Wildman–Crippen MR) is 121 cm³/mol. The maximum absolute atomic E-state index is 12.5. The van der Waals surface area contributed by atoms with Crippen LogP contribution in [0.1, 0.15) is 31.3 Å². The van der Waals surface area contributed by atoms with Crippen molar-refractivity contribution in [2.24, 2.45) is 0 Å². The molecule has 0 aliphatic carbocycles. The van der Waals surface area contributed by atoms with E-state index in [1.54, 1.807) is 55.8 Å². The Morgan fingerprint density at radius 1 is 1.09 bits per heavy atom. The number of esters is 1. The number of ether oxygens (including phenoxy) is 2. The van der Waals surface area contributed by atoms with Gasteiger partial charge in [0.1, 0.15) is 12.4 Å². The highest BCUT2D eigenvalue weighted by atomic mass is 32.1. The minimum absolute atomic E-state index is 0.135. The van der Waals surface area contributed by atoms with Crippen LogP contribution >= 0.6 is 11.3 Å². The summed E-state index contributed by atoms with van der Waals surface area (Å²) in [7, 11) is 1.55. The van der Waals surface area contributed by atoms with Crippen LogP contribution in [0.25, 0.3) is 4.96 Å². The van der Waals surface area contributed by atoms with E-state index in [0.717, 1.165) is 4.88 Å². The molecule has 9 heteroatoms. The number of rotatable bonds is 6. The van der Waals surface area contributed by atoms with Crippen LogP contribution in [0.3, 0.4) is 0 Å². The summed E-state index contributed by atoms with van der Waals surface area (Å²) in [6, 6.07) is 14.4. The molecule has 0 spiro atoms. The zero-order valence-electron chi connectivity index (χ0n) is 17.3. The SMILES string of the molecule is COc1ccc(C(=O)Nc2cccc(C(=O)OCc3cc(=O)n4cc(C)sc4n3)c2)cc1. The van der Waals surface area contributed by atoms with Crippen molar-refractivity contribution in [1.82, 2.24) is 9.38 Å². The average Bonchev–Trinajstić information content (AvgIpc) is 3.18. The van der Waals surface area contributed by atoms with E-state index in [1.165, 1.54) is 27.9 Å². The Morgan fingerprint density at radius 2 is 1.88 bits per heavy atom. The Labute approximate surface area is 187 Å². The number of amides is 1. The third-order valence-corrected chi connectivity index (χ3v) is 5.49. The van der Waals surface area contributed by atoms with Gasteiger partial charge in [-0.05, 0) is 49.4 Å². The second-order valence-electron chi connectivity index (χ2n) is 6.92. The summed E-state index contributed by atoms with van der Waals surface area (Å²) >= 11 is 1.38. The molecule has 2 aromatic heterocycles. The Kier molecular flexibility index (Phi) is 6.00. The molecule has 0 fully saturated rings. The fraction of sp³-hybridized carbons (Fsp3) is 0.130. The first-order valence-electron chi connectivity index (χ1n) is 9.64. The van der Waals surface area contributed by atoms with Gasteiger partial charge in [0, 0.05) is 28.4 Å². The highest BCUT2D eigenvalue weighted by Crippen LogP contribution is 2.17. The second-order valence-corrected chi connectivity index (χ2v) is 8.13. The molecular formula is C23H19N3O5S. The van der Waals surface area contributed by atoms with Gasteiger partial charge in [0.25, 0.3) is 11.5 Å². The average molecular weight is 449 g/mol. The Hall–Kier alpha value is -3.98. The first kappa shape index (κ1) is 21.3. The molecule has 0 aliphatic rings. The lowest BCUT2D eigenvalue weighted by Crippen LogP contribution is -2.15. The minimum Gasteiger partial charge on any atom is -0.497 e. The molecule has 0 unspecified atom stereocenters. The number of thiazole rings is 1. The van der Waals surface area contributed by atoms with Gasteiger partial charge >= 0.3 is 5.97 Å². The predicted octanol–water partition coefficient (Wildman–Crippen LogP) is 3.68. The van der Waals surface area contributed by atoms with Gasteiger partial charge in [-0.15, -0.1) is 11.3 Å². The number of nitrogens with zero attached hydrogens (tertiary/aromatic N) is 2. The third kappa shape index (κ3) is 4.68. The number of fused-ring (bicyclic) bond motifs is 1. The summed E-state index contributed by atoms with van der Waals surface area (Å²) in [5.74, 6) is -0.255. The Bertz CT molecular complexity index is 1360. The summed E-state index contributed by atoms with van der Waals surface area (Å²) in [4.78, 5) is 43.0. The van der Waals surface area contributed by atoms with Crippen molar-refractivity contribution in [3.63, 3.8) is 0 Å². The lowest BCUT2D eigenvalue weighted by molar-refractivity contribution is 0.0467. The first-order chi connectivity index (χ1) is 15.4. The van der Waals surface area contributed by atoms with E-state index < -0.39 is 5.97 Å². The molecule has 32 heavy (non-hydrogen) atoms. The lowest BCUT2D eigenvalue weighted by Gasteiger charge is -2.08. The normalized spacial score (nSPS) is 10.7. The third-order valence-electron chi connectivity index (χ3n) is 4.60. The molecule has 0 aliphatic heterocycles. The second kappa shape index (κ2) is 9.03. The number of hydrogen-bond acceptors (Lipinski definition) is 7. The Morgan fingerprint density at radius 3 is 2.62 bits per heavy atom. The van der Waals surface area contributed by atoms with Crippen LogP contribution in [-0.2, 0) is 11.3 Å². The number of methoxy groups -OCH3 is 1. The molecule has 1 amide bonds. The molecule has 0 atom stereocenters. The number of nitrogens with one attached hydrogen (secondary N) is 1. The summed E-state index contributed by atoms with van der Waals surface area (Å²) in [5.41, 5.74) is 1.31. The number of aryl methyl sites for hydroxylation is 1. The summed E-state index contributed by atoms with van der Waals surface area (Å²) in [6.45, 7) is 1.75. The molecule has 0 bridgehead atoms. The molecule has 2 aromatic carbocycles. The summed E-state index contributed by atoms with van der Waals surface area (Å²) < 4.78 is 11.9. The maximum Gasteiger partial charge on any atom is 0.338 e. The molecule has 4 aromatic rings. The van der Waals surface area contributed by atoms with Gasteiger partial charge in [-0.25, -0.2) is 9.78 Å². The van der Waals surface area contributed by atoms with Crippen molar-refractivity contribution in [1.29, 1.82) is 0 Å². The van der Waals surface area contributed by atoms with E-state index in [0.29, 0.717) is 27.7 Å². The van der Waals surface area contributed by atoms with E-state index in [-0.39, 0.29) is 23.6 Å². The molecule has 1 N–H and O–H groups in total. The van der Waals surface area contributed by atoms with Crippen molar-refractivity contribution in [2.45, 2.75) is 13.5 Å². The zero-order chi connectivity index (χ0) is 22.7. The topological polar surface area (TPSA) is 99.0 Å². The summed E-state index contributed by atoms with van der Waals surface area (Å²) in [5, 5.41) is 2.75. The summed E-state index contributed by atoms with van der Waals surface area (Å²) in [6.07, 6.45) is 1.72. The molecule has 0 saturated carbocycles. The van der Waals surface area contributed by atoms with Gasteiger partial charge in [0.05, 0.1) is 18.4 Å². The number of benzene rings is 2. The molecule has 4 rings (SSSR count). The van der Waals surface area contributed by atoms with Crippen LogP contribution in [0.5, 0.6) is 5.75 Å². The molecule has 0 radical (unpaired) electrons.